The van der Waals surface area contributed by atoms with Crippen LogP contribution in [0.4, 0.5) is 0 Å². The Hall–Kier alpha value is -1.14. The van der Waals surface area contributed by atoms with Crippen LogP contribution in [-0.4, -0.2) is 66.1 Å². The smallest absolute Gasteiger partial charge is 0.305 e. The fourth-order valence-electron chi connectivity index (χ4n) is 2.48. The first-order valence-corrected chi connectivity index (χ1v) is 6.84. The molecule has 6 nitrogen and oxygen atoms in total. The average Bonchev–Trinajstić information content (AvgIpc) is 2.81. The second kappa shape index (κ2) is 7.45. The molecule has 19 heavy (non-hydrogen) atoms. The summed E-state index contributed by atoms with van der Waals surface area (Å²) in [5, 5.41) is 8.74. The lowest BCUT2D eigenvalue weighted by molar-refractivity contribution is -0.143. The first-order valence-electron chi connectivity index (χ1n) is 6.84. The number of carboxylic acid groups (broad SMARTS) is 1. The molecule has 0 aliphatic heterocycles. The minimum Gasteiger partial charge on any atom is -0.481 e. The van der Waals surface area contributed by atoms with Crippen molar-refractivity contribution in [2.45, 2.75) is 44.2 Å². The third kappa shape index (κ3) is 5.16. The third-order valence-corrected chi connectivity index (χ3v) is 3.55. The molecule has 1 aliphatic rings. The van der Waals surface area contributed by atoms with Crippen molar-refractivity contribution in [1.82, 2.24) is 9.80 Å². The quantitative estimate of drug-likeness (QED) is 0.687. The van der Waals surface area contributed by atoms with E-state index in [9.17, 15) is 9.59 Å². The van der Waals surface area contributed by atoms with Gasteiger partial charge in [-0.25, -0.2) is 0 Å². The van der Waals surface area contributed by atoms with Crippen molar-refractivity contribution in [3.8, 4) is 0 Å². The van der Waals surface area contributed by atoms with Gasteiger partial charge in [-0.2, -0.15) is 0 Å². The predicted octanol–water partition coefficient (Wildman–Crippen LogP) is 0.121. The third-order valence-electron chi connectivity index (χ3n) is 3.55. The number of hydrogen-bond donors (Lipinski definition) is 2. The highest BCUT2D eigenvalue weighted by atomic mass is 16.4. The lowest BCUT2D eigenvalue weighted by Crippen LogP contribution is -2.50. The second-order valence-corrected chi connectivity index (χ2v) is 5.48. The number of aliphatic carboxylic acids is 1. The van der Waals surface area contributed by atoms with Crippen LogP contribution in [-0.2, 0) is 9.59 Å². The fraction of sp³-hybridized carbons (Fsp3) is 0.846. The van der Waals surface area contributed by atoms with Gasteiger partial charge in [-0.1, -0.05) is 12.8 Å². The number of carboxylic acids is 1. The van der Waals surface area contributed by atoms with Crippen LogP contribution in [0.25, 0.3) is 0 Å². The minimum absolute atomic E-state index is 0.226. The number of carbonyl (C=O) groups is 2. The van der Waals surface area contributed by atoms with Crippen molar-refractivity contribution in [2.75, 3.05) is 27.2 Å². The Labute approximate surface area is 114 Å². The van der Waals surface area contributed by atoms with Crippen LogP contribution >= 0.6 is 0 Å². The molecule has 110 valence electrons. The van der Waals surface area contributed by atoms with Crippen molar-refractivity contribution >= 4 is 11.9 Å². The summed E-state index contributed by atoms with van der Waals surface area (Å²) < 4.78 is 0. The SMILES string of the molecule is CN(C)CCN(C(=O)C(N)CC(=O)O)C1CCCC1. The first kappa shape index (κ1) is 15.9. The molecule has 3 N–H and O–H groups in total. The van der Waals surface area contributed by atoms with E-state index in [2.05, 4.69) is 0 Å². The molecule has 0 aromatic rings. The molecule has 0 radical (unpaired) electrons. The zero-order chi connectivity index (χ0) is 14.4. The molecule has 6 heteroatoms. The summed E-state index contributed by atoms with van der Waals surface area (Å²) in [5.41, 5.74) is 5.71. The van der Waals surface area contributed by atoms with Crippen LogP contribution in [0, 0.1) is 0 Å². The summed E-state index contributed by atoms with van der Waals surface area (Å²) in [7, 11) is 3.91. The maximum absolute atomic E-state index is 12.3. The Morgan fingerprint density at radius 2 is 1.84 bits per heavy atom. The summed E-state index contributed by atoms with van der Waals surface area (Å²) in [4.78, 5) is 26.8. The van der Waals surface area contributed by atoms with Gasteiger partial charge in [-0.15, -0.1) is 0 Å². The van der Waals surface area contributed by atoms with E-state index in [1.807, 2.05) is 19.0 Å². The molecule has 0 saturated heterocycles. The van der Waals surface area contributed by atoms with E-state index in [-0.39, 0.29) is 18.4 Å². The monoisotopic (exact) mass is 271 g/mol. The number of amides is 1. The number of rotatable bonds is 7. The van der Waals surface area contributed by atoms with Gasteiger partial charge in [0.1, 0.15) is 0 Å². The van der Waals surface area contributed by atoms with Gasteiger partial charge in [0.05, 0.1) is 12.5 Å². The molecular weight excluding hydrogens is 246 g/mol. The van der Waals surface area contributed by atoms with Gasteiger partial charge in [0.25, 0.3) is 0 Å². The highest BCUT2D eigenvalue weighted by molar-refractivity contribution is 5.86. The van der Waals surface area contributed by atoms with Gasteiger partial charge >= 0.3 is 5.97 Å². The largest absolute Gasteiger partial charge is 0.481 e. The molecule has 0 heterocycles. The van der Waals surface area contributed by atoms with Gasteiger partial charge in [0.2, 0.25) is 5.91 Å². The lowest BCUT2D eigenvalue weighted by atomic mass is 10.1. The summed E-state index contributed by atoms with van der Waals surface area (Å²) in [6, 6.07) is -0.701. The molecule has 0 aromatic carbocycles. The van der Waals surface area contributed by atoms with Crippen LogP contribution < -0.4 is 5.73 Å². The Balaban J connectivity index is 2.65. The molecule has 1 rings (SSSR count). The zero-order valence-electron chi connectivity index (χ0n) is 11.8. The Bertz CT molecular complexity index is 314. The van der Waals surface area contributed by atoms with E-state index < -0.39 is 12.0 Å². The maximum Gasteiger partial charge on any atom is 0.305 e. The van der Waals surface area contributed by atoms with Crippen LogP contribution in [0.1, 0.15) is 32.1 Å². The van der Waals surface area contributed by atoms with Crippen LogP contribution in [0.15, 0.2) is 0 Å². The van der Waals surface area contributed by atoms with E-state index in [4.69, 9.17) is 10.8 Å². The van der Waals surface area contributed by atoms with Crippen molar-refractivity contribution in [1.29, 1.82) is 0 Å². The number of hydrogen-bond acceptors (Lipinski definition) is 4. The zero-order valence-corrected chi connectivity index (χ0v) is 11.8. The fourth-order valence-corrected chi connectivity index (χ4v) is 2.48. The molecule has 1 unspecified atom stereocenters. The molecule has 0 aromatic heterocycles. The van der Waals surface area contributed by atoms with Crippen molar-refractivity contribution in [3.05, 3.63) is 0 Å². The van der Waals surface area contributed by atoms with E-state index in [0.29, 0.717) is 6.54 Å². The first-order chi connectivity index (χ1) is 8.91. The lowest BCUT2D eigenvalue weighted by Gasteiger charge is -2.32. The van der Waals surface area contributed by atoms with Gasteiger partial charge < -0.3 is 20.6 Å². The van der Waals surface area contributed by atoms with Gasteiger partial charge in [0.15, 0.2) is 0 Å². The molecule has 0 spiro atoms. The van der Waals surface area contributed by atoms with Gasteiger partial charge in [-0.3, -0.25) is 9.59 Å². The summed E-state index contributed by atoms with van der Waals surface area (Å²) >= 11 is 0. The predicted molar refractivity (Wildman–Crippen MR) is 72.8 cm³/mol. The van der Waals surface area contributed by atoms with E-state index in [0.717, 1.165) is 32.2 Å². The average molecular weight is 271 g/mol. The van der Waals surface area contributed by atoms with Gasteiger partial charge in [-0.05, 0) is 26.9 Å². The molecule has 1 aliphatic carbocycles. The standard InChI is InChI=1S/C13H25N3O3/c1-15(2)7-8-16(10-5-3-4-6-10)13(19)11(14)9-12(17)18/h10-11H,3-9,14H2,1-2H3,(H,17,18). The second-order valence-electron chi connectivity index (χ2n) is 5.48. The summed E-state index contributed by atoms with van der Waals surface area (Å²) in [6.07, 6.45) is 3.96. The highest BCUT2D eigenvalue weighted by Crippen LogP contribution is 2.24. The maximum atomic E-state index is 12.3. The van der Waals surface area contributed by atoms with E-state index in [1.165, 1.54) is 0 Å². The number of nitrogens with two attached hydrogens (primary N) is 1. The van der Waals surface area contributed by atoms with Crippen LogP contribution in [0.3, 0.4) is 0 Å². The van der Waals surface area contributed by atoms with Gasteiger partial charge in [0, 0.05) is 19.1 Å². The van der Waals surface area contributed by atoms with Crippen LogP contribution in [0.5, 0.6) is 0 Å². The number of nitrogens with zero attached hydrogens (tertiary/aromatic N) is 2. The summed E-state index contributed by atoms with van der Waals surface area (Å²) in [6.45, 7) is 1.38. The molecule has 1 fully saturated rings. The Morgan fingerprint density at radius 3 is 2.32 bits per heavy atom. The van der Waals surface area contributed by atoms with Crippen LogP contribution in [0.2, 0.25) is 0 Å². The van der Waals surface area contributed by atoms with Crippen molar-refractivity contribution < 1.29 is 14.7 Å². The van der Waals surface area contributed by atoms with E-state index in [1.54, 1.807) is 4.90 Å². The number of likely N-dealkylation sites (N-methyl/N-ethyl adjacent to an activating group) is 1. The Kier molecular flexibility index (Phi) is 6.24. The molecule has 1 saturated carbocycles. The van der Waals surface area contributed by atoms with Crippen molar-refractivity contribution in [3.63, 3.8) is 0 Å². The molecular formula is C13H25N3O3. The minimum atomic E-state index is -1.03. The summed E-state index contributed by atoms with van der Waals surface area (Å²) in [5.74, 6) is -1.25. The normalized spacial score (nSPS) is 17.7. The topological polar surface area (TPSA) is 86.9 Å². The number of carbonyl (C=O) groups excluding carboxylic acids is 1. The van der Waals surface area contributed by atoms with Crippen molar-refractivity contribution in [2.24, 2.45) is 5.73 Å². The molecule has 0 bridgehead atoms. The molecule has 1 amide bonds. The highest BCUT2D eigenvalue weighted by Gasteiger charge is 2.30. The Morgan fingerprint density at radius 1 is 1.26 bits per heavy atom. The van der Waals surface area contributed by atoms with E-state index >= 15 is 0 Å². The molecule has 1 atom stereocenters.